The third-order valence-corrected chi connectivity index (χ3v) is 4.89. The molecule has 1 atom stereocenters. The number of rotatable bonds is 2. The number of carbonyl (C=O) groups excluding carboxylic acids is 2. The summed E-state index contributed by atoms with van der Waals surface area (Å²) in [5.74, 6) is 1.73. The third kappa shape index (κ3) is 1.82. The number of hydrogen-bond donors (Lipinski definition) is 0. The van der Waals surface area contributed by atoms with Crippen LogP contribution >= 0.6 is 11.8 Å². The Balaban J connectivity index is 1.81. The molecule has 3 rings (SSSR count). The summed E-state index contributed by atoms with van der Waals surface area (Å²) in [6.07, 6.45) is 2.90. The van der Waals surface area contributed by atoms with E-state index in [0.717, 1.165) is 23.6 Å². The molecule has 5 heteroatoms. The van der Waals surface area contributed by atoms with Gasteiger partial charge in [-0.1, -0.05) is 6.07 Å². The van der Waals surface area contributed by atoms with Crippen LogP contribution in [0, 0.1) is 5.41 Å². The average Bonchev–Trinajstić information content (AvgIpc) is 2.93. The molecule has 0 aromatic carbocycles. The van der Waals surface area contributed by atoms with Gasteiger partial charge in [-0.3, -0.25) is 19.5 Å². The summed E-state index contributed by atoms with van der Waals surface area (Å²) in [4.78, 5) is 30.0. The molecule has 94 valence electrons. The van der Waals surface area contributed by atoms with E-state index in [1.54, 1.807) is 18.0 Å². The van der Waals surface area contributed by atoms with E-state index in [0.29, 0.717) is 13.0 Å². The van der Waals surface area contributed by atoms with Gasteiger partial charge >= 0.3 is 0 Å². The number of pyridine rings is 1. The normalized spacial score (nSPS) is 27.4. The molecule has 1 aromatic heterocycles. The maximum Gasteiger partial charge on any atom is 0.237 e. The highest BCUT2D eigenvalue weighted by molar-refractivity contribution is 7.99. The monoisotopic (exact) mass is 262 g/mol. The smallest absolute Gasteiger partial charge is 0.237 e. The molecule has 0 radical (unpaired) electrons. The Bertz CT molecular complexity index is 483. The number of hydrogen-bond acceptors (Lipinski definition) is 4. The Kier molecular flexibility index (Phi) is 2.86. The topological polar surface area (TPSA) is 50.3 Å². The molecule has 2 amide bonds. The van der Waals surface area contributed by atoms with Gasteiger partial charge in [-0.15, -0.1) is 0 Å². The second-order valence-electron chi connectivity index (χ2n) is 4.87. The number of thioether (sulfide) groups is 1. The lowest BCUT2D eigenvalue weighted by Gasteiger charge is -2.19. The van der Waals surface area contributed by atoms with Gasteiger partial charge in [0.15, 0.2) is 0 Å². The first-order chi connectivity index (χ1) is 8.71. The van der Waals surface area contributed by atoms with E-state index in [1.165, 1.54) is 4.90 Å². The van der Waals surface area contributed by atoms with Gasteiger partial charge in [0, 0.05) is 18.4 Å². The van der Waals surface area contributed by atoms with E-state index in [9.17, 15) is 9.59 Å². The molecule has 0 aliphatic carbocycles. The van der Waals surface area contributed by atoms with Crippen molar-refractivity contribution in [1.29, 1.82) is 0 Å². The summed E-state index contributed by atoms with van der Waals surface area (Å²) >= 11 is 1.77. The molecule has 4 nitrogen and oxygen atoms in total. The minimum atomic E-state index is -0.406. The zero-order valence-corrected chi connectivity index (χ0v) is 10.8. The van der Waals surface area contributed by atoms with Crippen LogP contribution in [-0.2, 0) is 16.1 Å². The first kappa shape index (κ1) is 11.7. The van der Waals surface area contributed by atoms with Crippen molar-refractivity contribution in [2.24, 2.45) is 5.41 Å². The third-order valence-electron chi connectivity index (χ3n) is 3.64. The first-order valence-corrected chi connectivity index (χ1v) is 7.19. The van der Waals surface area contributed by atoms with Crippen LogP contribution < -0.4 is 0 Å². The fraction of sp³-hybridized carbons (Fsp3) is 0.462. The molecule has 2 aliphatic rings. The Morgan fingerprint density at radius 1 is 1.39 bits per heavy atom. The van der Waals surface area contributed by atoms with E-state index in [4.69, 9.17) is 0 Å². The molecule has 0 N–H and O–H groups in total. The van der Waals surface area contributed by atoms with Gasteiger partial charge in [-0.25, -0.2) is 0 Å². The van der Waals surface area contributed by atoms with E-state index >= 15 is 0 Å². The van der Waals surface area contributed by atoms with Gasteiger partial charge in [0.1, 0.15) is 0 Å². The molecular formula is C13H14N2O2S. The van der Waals surface area contributed by atoms with Gasteiger partial charge in [0.05, 0.1) is 17.7 Å². The second-order valence-corrected chi connectivity index (χ2v) is 5.97. The Hall–Kier alpha value is -1.36. The number of amides is 2. The molecule has 0 bridgehead atoms. The van der Waals surface area contributed by atoms with Gasteiger partial charge < -0.3 is 0 Å². The molecule has 1 spiro atoms. The number of carbonyl (C=O) groups is 2. The van der Waals surface area contributed by atoms with Crippen molar-refractivity contribution in [3.63, 3.8) is 0 Å². The van der Waals surface area contributed by atoms with Crippen LogP contribution in [0.2, 0.25) is 0 Å². The Morgan fingerprint density at radius 2 is 2.28 bits per heavy atom. The first-order valence-electron chi connectivity index (χ1n) is 6.04. The van der Waals surface area contributed by atoms with Crippen LogP contribution in [0.3, 0.4) is 0 Å². The zero-order valence-electron chi connectivity index (χ0n) is 9.96. The summed E-state index contributed by atoms with van der Waals surface area (Å²) in [5, 5.41) is 0. The number of nitrogens with zero attached hydrogens (tertiary/aromatic N) is 2. The van der Waals surface area contributed by atoms with Crippen molar-refractivity contribution >= 4 is 23.6 Å². The zero-order chi connectivity index (χ0) is 12.6. The molecule has 2 aliphatic heterocycles. The van der Waals surface area contributed by atoms with Gasteiger partial charge in [0.25, 0.3) is 0 Å². The minimum absolute atomic E-state index is 0.00292. The Morgan fingerprint density at radius 3 is 2.94 bits per heavy atom. The lowest BCUT2D eigenvalue weighted by molar-refractivity contribution is -0.141. The summed E-state index contributed by atoms with van der Waals surface area (Å²) in [6, 6.07) is 5.54. The van der Waals surface area contributed by atoms with Gasteiger partial charge in [-0.2, -0.15) is 11.8 Å². The standard InChI is InChI=1S/C13H14N2O2S/c16-11-7-13(4-6-18-9-13)12(17)15(11)8-10-3-1-2-5-14-10/h1-3,5H,4,6-9H2/t13-/m1/s1. The van der Waals surface area contributed by atoms with E-state index in [-0.39, 0.29) is 11.8 Å². The lowest BCUT2D eigenvalue weighted by atomic mass is 9.86. The molecule has 0 unspecified atom stereocenters. The summed E-state index contributed by atoms with van der Waals surface area (Å²) in [6.45, 7) is 0.310. The number of imide groups is 1. The average molecular weight is 262 g/mol. The van der Waals surface area contributed by atoms with Crippen LogP contribution in [0.15, 0.2) is 24.4 Å². The fourth-order valence-electron chi connectivity index (χ4n) is 2.59. The highest BCUT2D eigenvalue weighted by Gasteiger charge is 2.52. The van der Waals surface area contributed by atoms with Crippen molar-refractivity contribution in [3.8, 4) is 0 Å². The van der Waals surface area contributed by atoms with Crippen LogP contribution in [0.5, 0.6) is 0 Å². The van der Waals surface area contributed by atoms with Crippen LogP contribution in [0.1, 0.15) is 18.5 Å². The molecule has 3 heterocycles. The fourth-order valence-corrected chi connectivity index (χ4v) is 4.03. The molecule has 0 saturated carbocycles. The molecule has 1 aromatic rings. The van der Waals surface area contributed by atoms with Crippen LogP contribution in [0.4, 0.5) is 0 Å². The predicted octanol–water partition coefficient (Wildman–Crippen LogP) is 1.46. The van der Waals surface area contributed by atoms with E-state index < -0.39 is 5.41 Å². The van der Waals surface area contributed by atoms with E-state index in [1.807, 2.05) is 18.2 Å². The SMILES string of the molecule is O=C1C[C@@]2(CCSC2)C(=O)N1Cc1ccccn1. The van der Waals surface area contributed by atoms with Gasteiger partial charge in [0.2, 0.25) is 11.8 Å². The Labute approximate surface area is 110 Å². The quantitative estimate of drug-likeness (QED) is 0.757. The molecule has 18 heavy (non-hydrogen) atoms. The maximum absolute atomic E-state index is 12.4. The largest absolute Gasteiger partial charge is 0.276 e. The summed E-state index contributed by atoms with van der Waals surface area (Å²) < 4.78 is 0. The van der Waals surface area contributed by atoms with Crippen LogP contribution in [0.25, 0.3) is 0 Å². The van der Waals surface area contributed by atoms with Crippen molar-refractivity contribution in [1.82, 2.24) is 9.88 Å². The highest BCUT2D eigenvalue weighted by Crippen LogP contribution is 2.45. The number of aromatic nitrogens is 1. The van der Waals surface area contributed by atoms with Crippen molar-refractivity contribution < 1.29 is 9.59 Å². The maximum atomic E-state index is 12.4. The molecular weight excluding hydrogens is 248 g/mol. The second kappa shape index (κ2) is 4.39. The lowest BCUT2D eigenvalue weighted by Crippen LogP contribution is -2.35. The number of likely N-dealkylation sites (tertiary alicyclic amines) is 1. The van der Waals surface area contributed by atoms with Crippen molar-refractivity contribution in [2.45, 2.75) is 19.4 Å². The predicted molar refractivity (Wildman–Crippen MR) is 68.8 cm³/mol. The van der Waals surface area contributed by atoms with Crippen molar-refractivity contribution in [3.05, 3.63) is 30.1 Å². The highest BCUT2D eigenvalue weighted by atomic mass is 32.2. The van der Waals surface area contributed by atoms with Gasteiger partial charge in [-0.05, 0) is 24.3 Å². The summed E-state index contributed by atoms with van der Waals surface area (Å²) in [5.41, 5.74) is 0.359. The minimum Gasteiger partial charge on any atom is -0.276 e. The summed E-state index contributed by atoms with van der Waals surface area (Å²) in [7, 11) is 0. The van der Waals surface area contributed by atoms with Crippen molar-refractivity contribution in [2.75, 3.05) is 11.5 Å². The molecule has 2 fully saturated rings. The molecule has 2 saturated heterocycles. The van der Waals surface area contributed by atoms with E-state index in [2.05, 4.69) is 4.98 Å². The van der Waals surface area contributed by atoms with Crippen LogP contribution in [-0.4, -0.2) is 33.2 Å².